The molecule has 0 aromatic carbocycles. The van der Waals surface area contributed by atoms with Gasteiger partial charge in [0, 0.05) is 35.5 Å². The molecule has 0 aliphatic carbocycles. The van der Waals surface area contributed by atoms with Gasteiger partial charge in [-0.15, -0.1) is 0 Å². The molecule has 0 unspecified atom stereocenters. The first-order valence-electron chi connectivity index (χ1n) is 9.45. The predicted molar refractivity (Wildman–Crippen MR) is 107 cm³/mol. The van der Waals surface area contributed by atoms with E-state index in [9.17, 15) is 4.79 Å². The standard InChI is InChI=1S/C20H21N7O/c1-26-7-4-13(5-8-26)20(28)24-14-10-15-16(12-23-19(15)22-11-14)17-2-3-18-21-6-9-27(18)25-17/h2-3,6,9-13H,4-5,7-8H2,1H3,(H,22,23)(H,24,28). The van der Waals surface area contributed by atoms with Crippen molar-refractivity contribution in [1.82, 2.24) is 29.5 Å². The summed E-state index contributed by atoms with van der Waals surface area (Å²) in [6.45, 7) is 1.92. The number of hydrogen-bond acceptors (Lipinski definition) is 5. The summed E-state index contributed by atoms with van der Waals surface area (Å²) < 4.78 is 1.74. The maximum Gasteiger partial charge on any atom is 0.227 e. The van der Waals surface area contributed by atoms with Crippen molar-refractivity contribution < 1.29 is 4.79 Å². The number of anilines is 1. The lowest BCUT2D eigenvalue weighted by Crippen LogP contribution is -2.35. The molecule has 28 heavy (non-hydrogen) atoms. The number of carbonyl (C=O) groups is 1. The van der Waals surface area contributed by atoms with Crippen LogP contribution in [0.25, 0.3) is 27.9 Å². The monoisotopic (exact) mass is 375 g/mol. The van der Waals surface area contributed by atoms with E-state index in [1.54, 1.807) is 16.9 Å². The van der Waals surface area contributed by atoms with Crippen LogP contribution < -0.4 is 5.32 Å². The topological polar surface area (TPSA) is 91.2 Å². The smallest absolute Gasteiger partial charge is 0.227 e. The molecule has 5 rings (SSSR count). The van der Waals surface area contributed by atoms with Crippen molar-refractivity contribution in [3.8, 4) is 11.3 Å². The van der Waals surface area contributed by atoms with Gasteiger partial charge in [0.2, 0.25) is 5.91 Å². The zero-order chi connectivity index (χ0) is 19.1. The fraction of sp³-hybridized carbons (Fsp3) is 0.300. The second-order valence-electron chi connectivity index (χ2n) is 7.34. The van der Waals surface area contributed by atoms with Crippen LogP contribution in [0.4, 0.5) is 5.69 Å². The largest absolute Gasteiger partial charge is 0.345 e. The highest BCUT2D eigenvalue weighted by Gasteiger charge is 2.23. The Balaban J connectivity index is 1.44. The number of pyridine rings is 1. The molecule has 4 aromatic heterocycles. The minimum absolute atomic E-state index is 0.0582. The Hall–Kier alpha value is -3.26. The van der Waals surface area contributed by atoms with Crippen LogP contribution in [0.15, 0.2) is 43.0 Å². The van der Waals surface area contributed by atoms with Crippen molar-refractivity contribution >= 4 is 28.3 Å². The summed E-state index contributed by atoms with van der Waals surface area (Å²) in [4.78, 5) is 26.8. The van der Waals surface area contributed by atoms with E-state index in [2.05, 4.69) is 37.3 Å². The molecule has 0 spiro atoms. The number of amides is 1. The van der Waals surface area contributed by atoms with Gasteiger partial charge in [0.15, 0.2) is 5.65 Å². The molecule has 142 valence electrons. The average Bonchev–Trinajstić information content (AvgIpc) is 3.34. The Labute approximate surface area is 161 Å². The molecule has 0 bridgehead atoms. The molecular formula is C20H21N7O. The summed E-state index contributed by atoms with van der Waals surface area (Å²) in [6.07, 6.45) is 8.91. The third-order valence-corrected chi connectivity index (χ3v) is 5.42. The van der Waals surface area contributed by atoms with Crippen LogP contribution in [0.1, 0.15) is 12.8 Å². The quantitative estimate of drug-likeness (QED) is 0.574. The van der Waals surface area contributed by atoms with Crippen LogP contribution in [0.5, 0.6) is 0 Å². The molecule has 1 fully saturated rings. The van der Waals surface area contributed by atoms with Crippen LogP contribution in [0.3, 0.4) is 0 Å². The predicted octanol–water partition coefficient (Wildman–Crippen LogP) is 2.55. The molecule has 4 aromatic rings. The van der Waals surface area contributed by atoms with Crippen molar-refractivity contribution in [2.75, 3.05) is 25.5 Å². The average molecular weight is 375 g/mol. The molecule has 2 N–H and O–H groups in total. The molecule has 0 saturated carbocycles. The van der Waals surface area contributed by atoms with E-state index < -0.39 is 0 Å². The van der Waals surface area contributed by atoms with Gasteiger partial charge in [-0.3, -0.25) is 4.79 Å². The summed E-state index contributed by atoms with van der Waals surface area (Å²) in [5.74, 6) is 0.132. The molecule has 8 nitrogen and oxygen atoms in total. The van der Waals surface area contributed by atoms with E-state index in [-0.39, 0.29) is 11.8 Å². The maximum absolute atomic E-state index is 12.6. The second kappa shape index (κ2) is 6.72. The number of H-pyrrole nitrogens is 1. The van der Waals surface area contributed by atoms with Crippen LogP contribution in [0, 0.1) is 5.92 Å². The van der Waals surface area contributed by atoms with Gasteiger partial charge in [-0.05, 0) is 51.2 Å². The van der Waals surface area contributed by atoms with Crippen molar-refractivity contribution in [1.29, 1.82) is 0 Å². The first kappa shape index (κ1) is 16.9. The van der Waals surface area contributed by atoms with Gasteiger partial charge in [-0.25, -0.2) is 14.5 Å². The Morgan fingerprint density at radius 1 is 1.25 bits per heavy atom. The Morgan fingerprint density at radius 2 is 2.11 bits per heavy atom. The number of piperidine rings is 1. The summed E-state index contributed by atoms with van der Waals surface area (Å²) >= 11 is 0. The van der Waals surface area contributed by atoms with Crippen molar-refractivity contribution in [2.45, 2.75) is 12.8 Å². The first-order valence-corrected chi connectivity index (χ1v) is 9.45. The molecule has 1 saturated heterocycles. The van der Waals surface area contributed by atoms with Crippen LogP contribution in [0.2, 0.25) is 0 Å². The number of fused-ring (bicyclic) bond motifs is 2. The molecule has 1 amide bonds. The molecule has 0 atom stereocenters. The highest BCUT2D eigenvalue weighted by Crippen LogP contribution is 2.28. The Bertz CT molecular complexity index is 1150. The van der Waals surface area contributed by atoms with Crippen LogP contribution in [-0.2, 0) is 4.79 Å². The number of imidazole rings is 1. The van der Waals surface area contributed by atoms with E-state index in [1.165, 1.54) is 0 Å². The highest BCUT2D eigenvalue weighted by atomic mass is 16.1. The van der Waals surface area contributed by atoms with Crippen LogP contribution in [-0.4, -0.2) is 55.5 Å². The lowest BCUT2D eigenvalue weighted by atomic mass is 9.96. The lowest BCUT2D eigenvalue weighted by molar-refractivity contribution is -0.121. The normalized spacial score (nSPS) is 16.0. The summed E-state index contributed by atoms with van der Waals surface area (Å²) in [7, 11) is 2.09. The van der Waals surface area contributed by atoms with E-state index in [0.717, 1.165) is 53.9 Å². The zero-order valence-electron chi connectivity index (χ0n) is 15.6. The molecule has 5 heterocycles. The Kier molecular flexibility index (Phi) is 4.05. The van der Waals surface area contributed by atoms with Crippen LogP contribution >= 0.6 is 0 Å². The molecular weight excluding hydrogens is 354 g/mol. The van der Waals surface area contributed by atoms with Gasteiger partial charge in [0.05, 0.1) is 17.6 Å². The third kappa shape index (κ3) is 3.01. The lowest BCUT2D eigenvalue weighted by Gasteiger charge is -2.28. The summed E-state index contributed by atoms with van der Waals surface area (Å²) in [5, 5.41) is 8.58. The molecule has 1 aliphatic heterocycles. The number of nitrogens with one attached hydrogen (secondary N) is 2. The fourth-order valence-electron chi connectivity index (χ4n) is 3.76. The third-order valence-electron chi connectivity index (χ3n) is 5.42. The van der Waals surface area contributed by atoms with Crippen molar-refractivity contribution in [3.05, 3.63) is 43.0 Å². The SMILES string of the molecule is CN1CCC(C(=O)Nc2cnc3[nH]cc(-c4ccc5nccn5n4)c3c2)CC1. The van der Waals surface area contributed by atoms with E-state index >= 15 is 0 Å². The molecule has 1 aliphatic rings. The van der Waals surface area contributed by atoms with Crippen molar-refractivity contribution in [2.24, 2.45) is 5.92 Å². The van der Waals surface area contributed by atoms with E-state index in [0.29, 0.717) is 5.69 Å². The van der Waals surface area contributed by atoms with E-state index in [4.69, 9.17) is 0 Å². The van der Waals surface area contributed by atoms with Gasteiger partial charge >= 0.3 is 0 Å². The van der Waals surface area contributed by atoms with Gasteiger partial charge in [0.1, 0.15) is 5.65 Å². The van der Waals surface area contributed by atoms with Gasteiger partial charge in [-0.1, -0.05) is 0 Å². The fourth-order valence-corrected chi connectivity index (χ4v) is 3.76. The maximum atomic E-state index is 12.6. The summed E-state index contributed by atoms with van der Waals surface area (Å²) in [5.41, 5.74) is 4.03. The zero-order valence-corrected chi connectivity index (χ0v) is 15.6. The Morgan fingerprint density at radius 3 is 2.96 bits per heavy atom. The van der Waals surface area contributed by atoms with E-state index in [1.807, 2.05) is 30.6 Å². The summed E-state index contributed by atoms with van der Waals surface area (Å²) in [6, 6.07) is 5.83. The van der Waals surface area contributed by atoms with Gasteiger partial charge < -0.3 is 15.2 Å². The number of likely N-dealkylation sites (tertiary alicyclic amines) is 1. The first-order chi connectivity index (χ1) is 13.7. The number of aromatic nitrogens is 5. The van der Waals surface area contributed by atoms with Crippen molar-refractivity contribution in [3.63, 3.8) is 0 Å². The number of carbonyl (C=O) groups excluding carboxylic acids is 1. The second-order valence-corrected chi connectivity index (χ2v) is 7.34. The number of aromatic amines is 1. The number of nitrogens with zero attached hydrogens (tertiary/aromatic N) is 5. The molecule has 0 radical (unpaired) electrons. The number of rotatable bonds is 3. The number of hydrogen-bond donors (Lipinski definition) is 2. The van der Waals surface area contributed by atoms with Gasteiger partial charge in [0.25, 0.3) is 0 Å². The highest BCUT2D eigenvalue weighted by molar-refractivity contribution is 5.98. The minimum atomic E-state index is 0.0582. The van der Waals surface area contributed by atoms with Gasteiger partial charge in [-0.2, -0.15) is 5.10 Å². The minimum Gasteiger partial charge on any atom is -0.345 e. The molecule has 8 heteroatoms.